The minimum atomic E-state index is -0.364. The van der Waals surface area contributed by atoms with Crippen LogP contribution in [0.15, 0.2) is 30.3 Å². The summed E-state index contributed by atoms with van der Waals surface area (Å²) in [6.07, 6.45) is 5.58. The second-order valence-electron chi connectivity index (χ2n) is 7.26. The molecule has 2 fully saturated rings. The van der Waals surface area contributed by atoms with Gasteiger partial charge in [0.15, 0.2) is 0 Å². The first-order valence-electron chi connectivity index (χ1n) is 9.44. The van der Waals surface area contributed by atoms with Gasteiger partial charge < -0.3 is 15.3 Å². The number of likely N-dealkylation sites (tertiary alicyclic amines) is 1. The number of carbonyl (C=O) groups is 2. The summed E-state index contributed by atoms with van der Waals surface area (Å²) in [4.78, 5) is 26.9. The molecule has 3 atom stereocenters. The highest BCUT2D eigenvalue weighted by Crippen LogP contribution is 2.24. The van der Waals surface area contributed by atoms with Crippen molar-refractivity contribution in [2.45, 2.75) is 57.1 Å². The van der Waals surface area contributed by atoms with Crippen molar-refractivity contribution >= 4 is 11.8 Å². The second-order valence-corrected chi connectivity index (χ2v) is 7.26. The minimum Gasteiger partial charge on any atom is -0.393 e. The van der Waals surface area contributed by atoms with Crippen molar-refractivity contribution in [2.24, 2.45) is 5.92 Å². The lowest BCUT2D eigenvalue weighted by atomic mass is 9.86. The third-order valence-electron chi connectivity index (χ3n) is 5.48. The molecular weight excluding hydrogens is 316 g/mol. The zero-order chi connectivity index (χ0) is 17.6. The van der Waals surface area contributed by atoms with E-state index in [1.165, 1.54) is 0 Å². The molecule has 2 amide bonds. The Morgan fingerprint density at radius 2 is 1.84 bits per heavy atom. The second kappa shape index (κ2) is 8.48. The third kappa shape index (κ3) is 4.60. The molecule has 1 saturated carbocycles. The van der Waals surface area contributed by atoms with E-state index in [9.17, 15) is 14.7 Å². The summed E-state index contributed by atoms with van der Waals surface area (Å²) >= 11 is 0. The van der Waals surface area contributed by atoms with Gasteiger partial charge in [0, 0.05) is 19.0 Å². The Balaban J connectivity index is 1.53. The SMILES string of the molecule is O=C(NCC1CCCCC1O)C1CCCN1C(=O)Cc1ccccc1. The van der Waals surface area contributed by atoms with Gasteiger partial charge in [0.05, 0.1) is 12.5 Å². The monoisotopic (exact) mass is 344 g/mol. The average Bonchev–Trinajstić information content (AvgIpc) is 3.12. The first-order valence-corrected chi connectivity index (χ1v) is 9.44. The van der Waals surface area contributed by atoms with Crippen molar-refractivity contribution in [3.05, 3.63) is 35.9 Å². The molecule has 2 aliphatic rings. The first kappa shape index (κ1) is 17.9. The fourth-order valence-corrected chi connectivity index (χ4v) is 3.99. The zero-order valence-corrected chi connectivity index (χ0v) is 14.7. The molecule has 1 heterocycles. The number of rotatable bonds is 5. The molecule has 2 N–H and O–H groups in total. The maximum absolute atomic E-state index is 12.6. The quantitative estimate of drug-likeness (QED) is 0.857. The van der Waals surface area contributed by atoms with Crippen LogP contribution in [0, 0.1) is 5.92 Å². The van der Waals surface area contributed by atoms with Crippen LogP contribution in [0.25, 0.3) is 0 Å². The predicted molar refractivity (Wildman–Crippen MR) is 95.9 cm³/mol. The molecule has 5 nitrogen and oxygen atoms in total. The summed E-state index contributed by atoms with van der Waals surface area (Å²) in [5.41, 5.74) is 0.976. The number of benzene rings is 1. The van der Waals surface area contributed by atoms with E-state index in [1.807, 2.05) is 30.3 Å². The predicted octanol–water partition coefficient (Wildman–Crippen LogP) is 1.89. The van der Waals surface area contributed by atoms with Crippen molar-refractivity contribution < 1.29 is 14.7 Å². The van der Waals surface area contributed by atoms with Crippen LogP contribution < -0.4 is 5.32 Å². The Morgan fingerprint density at radius 3 is 2.60 bits per heavy atom. The molecule has 3 unspecified atom stereocenters. The minimum absolute atomic E-state index is 0.0153. The van der Waals surface area contributed by atoms with Gasteiger partial charge in [-0.25, -0.2) is 0 Å². The molecule has 0 aromatic heterocycles. The van der Waals surface area contributed by atoms with Crippen LogP contribution in [0.2, 0.25) is 0 Å². The third-order valence-corrected chi connectivity index (χ3v) is 5.48. The van der Waals surface area contributed by atoms with Gasteiger partial charge in [-0.3, -0.25) is 9.59 Å². The number of nitrogens with zero attached hydrogens (tertiary/aromatic N) is 1. The van der Waals surface area contributed by atoms with Crippen molar-refractivity contribution in [3.63, 3.8) is 0 Å². The van der Waals surface area contributed by atoms with Crippen LogP contribution in [0.1, 0.15) is 44.1 Å². The summed E-state index contributed by atoms with van der Waals surface area (Å²) in [5.74, 6) is 0.0887. The Hall–Kier alpha value is -1.88. The van der Waals surface area contributed by atoms with Gasteiger partial charge >= 0.3 is 0 Å². The summed E-state index contributed by atoms with van der Waals surface area (Å²) in [7, 11) is 0. The van der Waals surface area contributed by atoms with Crippen molar-refractivity contribution in [1.29, 1.82) is 0 Å². The Bertz CT molecular complexity index is 590. The molecule has 25 heavy (non-hydrogen) atoms. The van der Waals surface area contributed by atoms with E-state index < -0.39 is 0 Å². The Kier molecular flexibility index (Phi) is 6.08. The highest BCUT2D eigenvalue weighted by Gasteiger charge is 2.34. The maximum Gasteiger partial charge on any atom is 0.242 e. The van der Waals surface area contributed by atoms with Crippen LogP contribution in [-0.2, 0) is 16.0 Å². The summed E-state index contributed by atoms with van der Waals surface area (Å²) in [5, 5.41) is 13.0. The van der Waals surface area contributed by atoms with E-state index in [4.69, 9.17) is 0 Å². The van der Waals surface area contributed by atoms with Gasteiger partial charge in [-0.05, 0) is 31.2 Å². The van der Waals surface area contributed by atoms with Crippen molar-refractivity contribution in [1.82, 2.24) is 10.2 Å². The molecule has 3 rings (SSSR count). The lowest BCUT2D eigenvalue weighted by Crippen LogP contribution is -2.48. The summed E-state index contributed by atoms with van der Waals surface area (Å²) in [6.45, 7) is 1.16. The number of aliphatic hydroxyl groups excluding tert-OH is 1. The highest BCUT2D eigenvalue weighted by atomic mass is 16.3. The highest BCUT2D eigenvalue weighted by molar-refractivity contribution is 5.89. The largest absolute Gasteiger partial charge is 0.393 e. The van der Waals surface area contributed by atoms with Crippen LogP contribution in [0.4, 0.5) is 0 Å². The van der Waals surface area contributed by atoms with E-state index >= 15 is 0 Å². The summed E-state index contributed by atoms with van der Waals surface area (Å²) in [6, 6.07) is 9.29. The number of carbonyl (C=O) groups excluding carboxylic acids is 2. The summed E-state index contributed by atoms with van der Waals surface area (Å²) < 4.78 is 0. The van der Waals surface area contributed by atoms with E-state index in [-0.39, 0.29) is 29.9 Å². The van der Waals surface area contributed by atoms with E-state index in [0.29, 0.717) is 19.5 Å². The molecule has 0 spiro atoms. The molecule has 1 saturated heterocycles. The van der Waals surface area contributed by atoms with Crippen LogP contribution in [-0.4, -0.2) is 47.1 Å². The number of hydrogen-bond acceptors (Lipinski definition) is 3. The number of aliphatic hydroxyl groups is 1. The molecule has 1 aromatic carbocycles. The van der Waals surface area contributed by atoms with Gasteiger partial charge in [-0.2, -0.15) is 0 Å². The Morgan fingerprint density at radius 1 is 1.08 bits per heavy atom. The molecular formula is C20H28N2O3. The van der Waals surface area contributed by atoms with Crippen molar-refractivity contribution in [3.8, 4) is 0 Å². The van der Waals surface area contributed by atoms with Crippen LogP contribution in [0.3, 0.4) is 0 Å². The fraction of sp³-hybridized carbons (Fsp3) is 0.600. The van der Waals surface area contributed by atoms with E-state index in [1.54, 1.807) is 4.90 Å². The molecule has 1 aliphatic carbocycles. The Labute approximate surface area is 149 Å². The van der Waals surface area contributed by atoms with Crippen LogP contribution >= 0.6 is 0 Å². The van der Waals surface area contributed by atoms with Crippen molar-refractivity contribution in [2.75, 3.05) is 13.1 Å². The molecule has 0 radical (unpaired) electrons. The van der Waals surface area contributed by atoms with Gasteiger partial charge in [-0.15, -0.1) is 0 Å². The molecule has 1 aliphatic heterocycles. The smallest absolute Gasteiger partial charge is 0.242 e. The number of nitrogens with one attached hydrogen (secondary N) is 1. The van der Waals surface area contributed by atoms with Gasteiger partial charge in [0.2, 0.25) is 11.8 Å². The van der Waals surface area contributed by atoms with Gasteiger partial charge in [-0.1, -0.05) is 43.2 Å². The molecule has 136 valence electrons. The lowest BCUT2D eigenvalue weighted by molar-refractivity contribution is -0.138. The molecule has 5 heteroatoms. The number of hydrogen-bond donors (Lipinski definition) is 2. The first-order chi connectivity index (χ1) is 12.1. The van der Waals surface area contributed by atoms with Gasteiger partial charge in [0.1, 0.15) is 6.04 Å². The van der Waals surface area contributed by atoms with Gasteiger partial charge in [0.25, 0.3) is 0 Å². The normalized spacial score (nSPS) is 26.4. The average molecular weight is 344 g/mol. The maximum atomic E-state index is 12.6. The lowest BCUT2D eigenvalue weighted by Gasteiger charge is -2.29. The number of amides is 2. The van der Waals surface area contributed by atoms with Crippen LogP contribution in [0.5, 0.6) is 0 Å². The van der Waals surface area contributed by atoms with E-state index in [0.717, 1.165) is 44.1 Å². The zero-order valence-electron chi connectivity index (χ0n) is 14.7. The topological polar surface area (TPSA) is 69.6 Å². The fourth-order valence-electron chi connectivity index (χ4n) is 3.99. The van der Waals surface area contributed by atoms with E-state index in [2.05, 4.69) is 5.32 Å². The standard InChI is InChI=1S/C20H28N2O3/c23-18-11-5-4-9-16(18)14-21-20(25)17-10-6-12-22(17)19(24)13-15-7-2-1-3-8-15/h1-3,7-8,16-18,23H,4-6,9-14H2,(H,21,25). The molecule has 1 aromatic rings. The molecule has 0 bridgehead atoms.